The molecule has 0 bridgehead atoms. The lowest BCUT2D eigenvalue weighted by molar-refractivity contribution is -0.127. The molecule has 1 aliphatic rings. The second kappa shape index (κ2) is 8.58. The fourth-order valence-corrected chi connectivity index (χ4v) is 2.94. The van der Waals surface area contributed by atoms with Gasteiger partial charge in [-0.25, -0.2) is 4.39 Å². The summed E-state index contributed by atoms with van der Waals surface area (Å²) in [4.78, 5) is 20.3. The Hall–Kier alpha value is -2.73. The highest BCUT2D eigenvalue weighted by Gasteiger charge is 2.20. The van der Waals surface area contributed by atoms with Crippen molar-refractivity contribution in [2.75, 3.05) is 33.3 Å². The number of carbonyl (C=O) groups excluding carboxylic acids is 1. The van der Waals surface area contributed by atoms with Crippen molar-refractivity contribution < 1.29 is 13.9 Å². The van der Waals surface area contributed by atoms with E-state index in [0.29, 0.717) is 19.6 Å². The molecule has 26 heavy (non-hydrogen) atoms. The fraction of sp³-hybridized carbons (Fsp3) is 0.300. The Morgan fingerprint density at radius 2 is 1.92 bits per heavy atom. The van der Waals surface area contributed by atoms with Crippen LogP contribution in [0.1, 0.15) is 11.1 Å². The number of benzene rings is 1. The van der Waals surface area contributed by atoms with Gasteiger partial charge >= 0.3 is 0 Å². The number of hydrogen-bond acceptors (Lipinski definition) is 4. The number of methoxy groups -OCH3 is 1. The number of pyridine rings is 1. The summed E-state index contributed by atoms with van der Waals surface area (Å²) in [6.45, 7) is 3.52. The van der Waals surface area contributed by atoms with E-state index in [-0.39, 0.29) is 17.5 Å². The van der Waals surface area contributed by atoms with Gasteiger partial charge in [0.1, 0.15) is 0 Å². The van der Waals surface area contributed by atoms with Crippen molar-refractivity contribution in [3.63, 3.8) is 0 Å². The summed E-state index contributed by atoms with van der Waals surface area (Å²) in [7, 11) is 1.46. The number of halogens is 1. The Balaban J connectivity index is 1.50. The topological polar surface area (TPSA) is 45.7 Å². The van der Waals surface area contributed by atoms with E-state index in [0.717, 1.165) is 24.2 Å². The summed E-state index contributed by atoms with van der Waals surface area (Å²) in [6, 6.07) is 8.74. The lowest BCUT2D eigenvalue weighted by atomic mass is 10.1. The van der Waals surface area contributed by atoms with E-state index in [1.807, 2.05) is 23.1 Å². The number of rotatable bonds is 5. The molecule has 136 valence electrons. The molecule has 0 unspecified atom stereocenters. The van der Waals surface area contributed by atoms with Crippen LogP contribution in [0.2, 0.25) is 0 Å². The maximum absolute atomic E-state index is 13.8. The van der Waals surface area contributed by atoms with Gasteiger partial charge in [-0.3, -0.25) is 14.7 Å². The van der Waals surface area contributed by atoms with Crippen LogP contribution in [0, 0.1) is 5.82 Å². The van der Waals surface area contributed by atoms with E-state index in [1.54, 1.807) is 30.6 Å². The minimum Gasteiger partial charge on any atom is -0.494 e. The van der Waals surface area contributed by atoms with Crippen LogP contribution in [0.25, 0.3) is 6.08 Å². The number of amides is 1. The molecule has 1 aromatic heterocycles. The third-order valence-corrected chi connectivity index (χ3v) is 4.43. The van der Waals surface area contributed by atoms with Gasteiger partial charge in [-0.15, -0.1) is 0 Å². The van der Waals surface area contributed by atoms with E-state index in [4.69, 9.17) is 4.74 Å². The second-order valence-electron chi connectivity index (χ2n) is 6.18. The highest BCUT2D eigenvalue weighted by Crippen LogP contribution is 2.19. The van der Waals surface area contributed by atoms with Crippen LogP contribution in [0.5, 0.6) is 5.75 Å². The molecule has 3 rings (SSSR count). The first-order chi connectivity index (χ1) is 12.7. The lowest BCUT2D eigenvalue weighted by Crippen LogP contribution is -2.47. The molecule has 1 aliphatic heterocycles. The van der Waals surface area contributed by atoms with Gasteiger partial charge in [0.05, 0.1) is 7.11 Å². The largest absolute Gasteiger partial charge is 0.494 e. The molecule has 6 heteroatoms. The van der Waals surface area contributed by atoms with Gasteiger partial charge < -0.3 is 9.64 Å². The van der Waals surface area contributed by atoms with Gasteiger partial charge in [0.15, 0.2) is 11.6 Å². The quantitative estimate of drug-likeness (QED) is 0.774. The standard InChI is InChI=1S/C20H22FN3O2/c1-26-19-4-2-17(14-18(19)21)15-23-10-12-24(13-11-23)20(25)5-3-16-6-8-22-9-7-16/h2-9,14H,10-13,15H2,1H3/b5-3+. The minimum atomic E-state index is -0.347. The van der Waals surface area contributed by atoms with Gasteiger partial charge in [-0.05, 0) is 41.5 Å². The van der Waals surface area contributed by atoms with E-state index in [2.05, 4.69) is 9.88 Å². The van der Waals surface area contributed by atoms with Gasteiger partial charge in [-0.2, -0.15) is 0 Å². The molecule has 2 heterocycles. The van der Waals surface area contributed by atoms with Crippen LogP contribution < -0.4 is 4.74 Å². The zero-order valence-electron chi connectivity index (χ0n) is 14.8. The summed E-state index contributed by atoms with van der Waals surface area (Å²) >= 11 is 0. The number of hydrogen-bond donors (Lipinski definition) is 0. The molecule has 5 nitrogen and oxygen atoms in total. The molecule has 1 fully saturated rings. The highest BCUT2D eigenvalue weighted by molar-refractivity contribution is 5.91. The normalized spacial score (nSPS) is 15.4. The van der Waals surface area contributed by atoms with E-state index >= 15 is 0 Å². The minimum absolute atomic E-state index is 0.0111. The molecule has 0 N–H and O–H groups in total. The number of piperazine rings is 1. The number of ether oxygens (including phenoxy) is 1. The maximum atomic E-state index is 13.8. The zero-order valence-corrected chi connectivity index (χ0v) is 14.8. The van der Waals surface area contributed by atoms with Crippen LogP contribution in [0.3, 0.4) is 0 Å². The van der Waals surface area contributed by atoms with Crippen LogP contribution in [-0.4, -0.2) is 54.0 Å². The van der Waals surface area contributed by atoms with Crippen molar-refractivity contribution in [2.45, 2.75) is 6.54 Å². The van der Waals surface area contributed by atoms with Gasteiger partial charge in [0.25, 0.3) is 0 Å². The first-order valence-electron chi connectivity index (χ1n) is 8.57. The highest BCUT2D eigenvalue weighted by atomic mass is 19.1. The zero-order chi connectivity index (χ0) is 18.4. The first kappa shape index (κ1) is 18.1. The second-order valence-corrected chi connectivity index (χ2v) is 6.18. The number of carbonyl (C=O) groups is 1. The molecule has 0 aliphatic carbocycles. The Labute approximate surface area is 152 Å². The van der Waals surface area contributed by atoms with Gasteiger partial charge in [0, 0.05) is 51.2 Å². The smallest absolute Gasteiger partial charge is 0.246 e. The van der Waals surface area contributed by atoms with Crippen molar-refractivity contribution >= 4 is 12.0 Å². The van der Waals surface area contributed by atoms with Crippen molar-refractivity contribution in [3.05, 3.63) is 65.7 Å². The Bertz CT molecular complexity index is 772. The summed E-state index contributed by atoms with van der Waals surface area (Å²) in [5.74, 6) is -0.0813. The first-order valence-corrected chi connectivity index (χ1v) is 8.57. The van der Waals surface area contributed by atoms with Crippen molar-refractivity contribution in [2.24, 2.45) is 0 Å². The fourth-order valence-electron chi connectivity index (χ4n) is 2.94. The van der Waals surface area contributed by atoms with E-state index in [1.165, 1.54) is 13.2 Å². The number of nitrogens with zero attached hydrogens (tertiary/aromatic N) is 3. The van der Waals surface area contributed by atoms with Crippen LogP contribution in [0.4, 0.5) is 4.39 Å². The molecule has 2 aromatic rings. The van der Waals surface area contributed by atoms with E-state index in [9.17, 15) is 9.18 Å². The predicted molar refractivity (Wildman–Crippen MR) is 98.1 cm³/mol. The summed E-state index contributed by atoms with van der Waals surface area (Å²) in [5, 5.41) is 0. The van der Waals surface area contributed by atoms with Crippen LogP contribution >= 0.6 is 0 Å². The monoisotopic (exact) mass is 355 g/mol. The SMILES string of the molecule is COc1ccc(CN2CCN(C(=O)/C=C/c3ccncc3)CC2)cc1F. The summed E-state index contributed by atoms with van der Waals surface area (Å²) in [6.07, 6.45) is 6.80. The number of aromatic nitrogens is 1. The molecule has 1 saturated heterocycles. The Kier molecular flexibility index (Phi) is 5.96. The molecule has 1 amide bonds. The summed E-state index contributed by atoms with van der Waals surface area (Å²) in [5.41, 5.74) is 1.86. The molecule has 0 saturated carbocycles. The molecule has 0 radical (unpaired) electrons. The average molecular weight is 355 g/mol. The molecular formula is C20H22FN3O2. The predicted octanol–water partition coefficient (Wildman–Crippen LogP) is 2.59. The third-order valence-electron chi connectivity index (χ3n) is 4.43. The summed E-state index contributed by atoms with van der Waals surface area (Å²) < 4.78 is 18.7. The van der Waals surface area contributed by atoms with Gasteiger partial charge in [0.2, 0.25) is 5.91 Å². The van der Waals surface area contributed by atoms with Crippen molar-refractivity contribution in [3.8, 4) is 5.75 Å². The maximum Gasteiger partial charge on any atom is 0.246 e. The van der Waals surface area contributed by atoms with Crippen molar-refractivity contribution in [1.29, 1.82) is 0 Å². The molecule has 1 aromatic carbocycles. The van der Waals surface area contributed by atoms with Gasteiger partial charge in [-0.1, -0.05) is 6.07 Å². The van der Waals surface area contributed by atoms with Crippen LogP contribution in [-0.2, 0) is 11.3 Å². The van der Waals surface area contributed by atoms with Crippen molar-refractivity contribution in [1.82, 2.24) is 14.8 Å². The third kappa shape index (κ3) is 4.67. The lowest BCUT2D eigenvalue weighted by Gasteiger charge is -2.34. The Morgan fingerprint density at radius 3 is 2.58 bits per heavy atom. The average Bonchev–Trinajstić information content (AvgIpc) is 2.68. The Morgan fingerprint density at radius 1 is 1.19 bits per heavy atom. The van der Waals surface area contributed by atoms with E-state index < -0.39 is 0 Å². The molecule has 0 spiro atoms. The molecule has 0 atom stereocenters. The molecular weight excluding hydrogens is 333 g/mol. The van der Waals surface area contributed by atoms with Crippen LogP contribution in [0.15, 0.2) is 48.8 Å².